The van der Waals surface area contributed by atoms with E-state index in [4.69, 9.17) is 12.2 Å². The Hall–Kier alpha value is -1.45. The minimum absolute atomic E-state index is 0.0940. The molecule has 0 saturated carbocycles. The van der Waals surface area contributed by atoms with Crippen molar-refractivity contribution in [3.05, 3.63) is 16.0 Å². The highest BCUT2D eigenvalue weighted by atomic mass is 32.1. The first-order valence-electron chi connectivity index (χ1n) is 7.20. The molecule has 0 spiro atoms. The predicted octanol–water partition coefficient (Wildman–Crippen LogP) is 3.36. The van der Waals surface area contributed by atoms with Gasteiger partial charge < -0.3 is 10.6 Å². The van der Waals surface area contributed by atoms with Crippen molar-refractivity contribution in [1.29, 1.82) is 5.26 Å². The summed E-state index contributed by atoms with van der Waals surface area (Å²) >= 11 is 6.74. The summed E-state index contributed by atoms with van der Waals surface area (Å²) in [6.45, 7) is 4.18. The quantitative estimate of drug-likeness (QED) is 0.838. The summed E-state index contributed by atoms with van der Waals surface area (Å²) in [7, 11) is 0. The standard InChI is InChI=1S/C15H19N3OS2/c1-3-4-13(19)17-15(20)18-14-11(8-16)10-6-5-9(2)7-12(10)21-14/h9H,3-7H2,1-2H3,(H2,17,18,19,20)/t9-/m0/s1. The van der Waals surface area contributed by atoms with Gasteiger partial charge in [-0.2, -0.15) is 5.26 Å². The monoisotopic (exact) mass is 321 g/mol. The van der Waals surface area contributed by atoms with E-state index < -0.39 is 0 Å². The molecular formula is C15H19N3OS2. The molecule has 0 radical (unpaired) electrons. The van der Waals surface area contributed by atoms with Crippen LogP contribution in [0, 0.1) is 17.2 Å². The molecule has 6 heteroatoms. The van der Waals surface area contributed by atoms with Crippen molar-refractivity contribution in [1.82, 2.24) is 5.32 Å². The van der Waals surface area contributed by atoms with E-state index in [1.807, 2.05) is 6.92 Å². The number of carbonyl (C=O) groups is 1. The molecular weight excluding hydrogens is 302 g/mol. The molecule has 0 unspecified atom stereocenters. The molecule has 0 aromatic carbocycles. The summed E-state index contributed by atoms with van der Waals surface area (Å²) in [5.74, 6) is 0.565. The summed E-state index contributed by atoms with van der Waals surface area (Å²) in [5, 5.41) is 16.1. The largest absolute Gasteiger partial charge is 0.323 e. The molecule has 0 aliphatic heterocycles. The van der Waals surface area contributed by atoms with Crippen LogP contribution in [-0.2, 0) is 17.6 Å². The van der Waals surface area contributed by atoms with Gasteiger partial charge >= 0.3 is 0 Å². The molecule has 21 heavy (non-hydrogen) atoms. The fourth-order valence-electron chi connectivity index (χ4n) is 2.51. The van der Waals surface area contributed by atoms with Crippen LogP contribution in [0.4, 0.5) is 5.00 Å². The summed E-state index contributed by atoms with van der Waals surface area (Å²) < 4.78 is 0. The molecule has 1 aliphatic rings. The summed E-state index contributed by atoms with van der Waals surface area (Å²) in [5.41, 5.74) is 1.85. The van der Waals surface area contributed by atoms with Gasteiger partial charge in [0.1, 0.15) is 11.1 Å². The highest BCUT2D eigenvalue weighted by Crippen LogP contribution is 2.39. The van der Waals surface area contributed by atoms with Gasteiger partial charge in [0.15, 0.2) is 5.11 Å². The first kappa shape index (κ1) is 15.9. The van der Waals surface area contributed by atoms with Gasteiger partial charge in [-0.3, -0.25) is 4.79 Å². The molecule has 1 aliphatic carbocycles. The zero-order valence-corrected chi connectivity index (χ0v) is 13.9. The minimum Gasteiger partial charge on any atom is -0.323 e. The highest BCUT2D eigenvalue weighted by Gasteiger charge is 2.24. The van der Waals surface area contributed by atoms with Crippen molar-refractivity contribution in [3.8, 4) is 6.07 Å². The second-order valence-electron chi connectivity index (χ2n) is 5.42. The number of nitrogens with one attached hydrogen (secondary N) is 2. The molecule has 2 rings (SSSR count). The van der Waals surface area contributed by atoms with Crippen LogP contribution in [0.25, 0.3) is 0 Å². The van der Waals surface area contributed by atoms with E-state index in [9.17, 15) is 10.1 Å². The first-order valence-corrected chi connectivity index (χ1v) is 8.43. The Labute approximate surface area is 134 Å². The Morgan fingerprint density at radius 1 is 1.57 bits per heavy atom. The van der Waals surface area contributed by atoms with Crippen LogP contribution in [0.1, 0.15) is 49.1 Å². The molecule has 2 N–H and O–H groups in total. The molecule has 1 heterocycles. The Bertz CT molecular complexity index is 601. The average Bonchev–Trinajstić information content (AvgIpc) is 2.74. The third-order valence-electron chi connectivity index (χ3n) is 3.58. The van der Waals surface area contributed by atoms with E-state index >= 15 is 0 Å². The predicted molar refractivity (Wildman–Crippen MR) is 89.5 cm³/mol. The van der Waals surface area contributed by atoms with E-state index in [2.05, 4.69) is 23.6 Å². The fraction of sp³-hybridized carbons (Fsp3) is 0.533. The highest BCUT2D eigenvalue weighted by molar-refractivity contribution is 7.80. The lowest BCUT2D eigenvalue weighted by atomic mass is 9.89. The van der Waals surface area contributed by atoms with Crippen LogP contribution in [0.2, 0.25) is 0 Å². The number of thiophene rings is 1. The number of hydrogen-bond acceptors (Lipinski definition) is 4. The lowest BCUT2D eigenvalue weighted by molar-refractivity contribution is -0.119. The van der Waals surface area contributed by atoms with Gasteiger partial charge in [0.05, 0.1) is 5.56 Å². The van der Waals surface area contributed by atoms with Crippen molar-refractivity contribution in [3.63, 3.8) is 0 Å². The maximum absolute atomic E-state index is 11.5. The van der Waals surface area contributed by atoms with Crippen molar-refractivity contribution in [2.24, 2.45) is 5.92 Å². The molecule has 0 bridgehead atoms. The van der Waals surface area contributed by atoms with E-state index in [0.717, 1.165) is 36.2 Å². The normalized spacial score (nSPS) is 16.7. The number of hydrogen-bond donors (Lipinski definition) is 2. The maximum Gasteiger partial charge on any atom is 0.226 e. The Balaban J connectivity index is 2.12. The molecule has 1 amide bonds. The summed E-state index contributed by atoms with van der Waals surface area (Å²) in [6.07, 6.45) is 4.32. The number of rotatable bonds is 3. The third-order valence-corrected chi connectivity index (χ3v) is 4.95. The topological polar surface area (TPSA) is 64.9 Å². The van der Waals surface area contributed by atoms with E-state index in [-0.39, 0.29) is 11.0 Å². The van der Waals surface area contributed by atoms with Gasteiger partial charge in [-0.05, 0) is 49.4 Å². The second kappa shape index (κ2) is 7.01. The molecule has 0 fully saturated rings. The van der Waals surface area contributed by atoms with Crippen molar-refractivity contribution >= 4 is 39.6 Å². The van der Waals surface area contributed by atoms with Gasteiger partial charge in [-0.25, -0.2) is 0 Å². The van der Waals surface area contributed by atoms with Crippen LogP contribution < -0.4 is 10.6 Å². The maximum atomic E-state index is 11.5. The molecule has 1 aromatic heterocycles. The van der Waals surface area contributed by atoms with Gasteiger partial charge in [0.2, 0.25) is 5.91 Å². The first-order chi connectivity index (χ1) is 10.0. The van der Waals surface area contributed by atoms with E-state index in [1.165, 1.54) is 4.88 Å². The number of nitrogens with zero attached hydrogens (tertiary/aromatic N) is 1. The van der Waals surface area contributed by atoms with E-state index in [1.54, 1.807) is 11.3 Å². The number of nitriles is 1. The average molecular weight is 321 g/mol. The molecule has 112 valence electrons. The SMILES string of the molecule is CCCC(=O)NC(=S)Nc1sc2c(c1C#N)CC[C@H](C)C2. The van der Waals surface area contributed by atoms with Gasteiger partial charge in [0, 0.05) is 11.3 Å². The number of fused-ring (bicyclic) bond motifs is 1. The Kier molecular flexibility index (Phi) is 5.32. The van der Waals surface area contributed by atoms with Crippen molar-refractivity contribution in [2.75, 3.05) is 5.32 Å². The van der Waals surface area contributed by atoms with Crippen molar-refractivity contribution in [2.45, 2.75) is 46.0 Å². The van der Waals surface area contributed by atoms with Crippen LogP contribution in [-0.4, -0.2) is 11.0 Å². The van der Waals surface area contributed by atoms with Gasteiger partial charge in [-0.1, -0.05) is 13.8 Å². The van der Waals surface area contributed by atoms with Crippen LogP contribution >= 0.6 is 23.6 Å². The van der Waals surface area contributed by atoms with Gasteiger partial charge in [0.25, 0.3) is 0 Å². The van der Waals surface area contributed by atoms with Crippen LogP contribution in [0.15, 0.2) is 0 Å². The zero-order chi connectivity index (χ0) is 15.4. The smallest absolute Gasteiger partial charge is 0.226 e. The lowest BCUT2D eigenvalue weighted by Crippen LogP contribution is -2.33. The van der Waals surface area contributed by atoms with Crippen LogP contribution in [0.3, 0.4) is 0 Å². The fourth-order valence-corrected chi connectivity index (χ4v) is 4.15. The number of carbonyl (C=O) groups excluding carboxylic acids is 1. The number of amides is 1. The minimum atomic E-state index is -0.0940. The zero-order valence-electron chi connectivity index (χ0n) is 12.3. The van der Waals surface area contributed by atoms with Gasteiger partial charge in [-0.15, -0.1) is 11.3 Å². The summed E-state index contributed by atoms with van der Waals surface area (Å²) in [4.78, 5) is 12.8. The third kappa shape index (κ3) is 3.80. The molecule has 1 atom stereocenters. The number of anilines is 1. The molecule has 1 aromatic rings. The van der Waals surface area contributed by atoms with E-state index in [0.29, 0.717) is 17.9 Å². The number of thiocarbonyl (C=S) groups is 1. The second-order valence-corrected chi connectivity index (χ2v) is 6.93. The molecule has 0 saturated heterocycles. The Morgan fingerprint density at radius 2 is 2.33 bits per heavy atom. The molecule has 4 nitrogen and oxygen atoms in total. The summed E-state index contributed by atoms with van der Waals surface area (Å²) in [6, 6.07) is 2.28. The van der Waals surface area contributed by atoms with Crippen molar-refractivity contribution < 1.29 is 4.79 Å². The lowest BCUT2D eigenvalue weighted by Gasteiger charge is -2.17. The van der Waals surface area contributed by atoms with Crippen LogP contribution in [0.5, 0.6) is 0 Å². The Morgan fingerprint density at radius 3 is 3.00 bits per heavy atom.